The van der Waals surface area contributed by atoms with Gasteiger partial charge in [0.15, 0.2) is 0 Å². The standard InChI is InChI=1S/C9H18N2O2/c1-2-8(12)5-10-6-9(13)11-7-3-4-7/h7-8,10,12H,2-6H2,1H3,(H,11,13). The van der Waals surface area contributed by atoms with Crippen molar-refractivity contribution in [2.45, 2.75) is 38.3 Å². The maximum absolute atomic E-state index is 11.1. The Labute approximate surface area is 78.7 Å². The van der Waals surface area contributed by atoms with Gasteiger partial charge in [0, 0.05) is 12.6 Å². The fourth-order valence-corrected chi connectivity index (χ4v) is 1.00. The molecule has 0 radical (unpaired) electrons. The van der Waals surface area contributed by atoms with Crippen molar-refractivity contribution in [1.82, 2.24) is 10.6 Å². The number of hydrogen-bond acceptors (Lipinski definition) is 3. The van der Waals surface area contributed by atoms with Crippen LogP contribution in [0.1, 0.15) is 26.2 Å². The molecule has 1 saturated carbocycles. The highest BCUT2D eigenvalue weighted by atomic mass is 16.3. The van der Waals surface area contributed by atoms with Gasteiger partial charge in [0.25, 0.3) is 0 Å². The molecule has 1 aliphatic carbocycles. The topological polar surface area (TPSA) is 61.4 Å². The van der Waals surface area contributed by atoms with Crippen LogP contribution in [0.3, 0.4) is 0 Å². The molecule has 0 aliphatic heterocycles. The molecule has 76 valence electrons. The second kappa shape index (κ2) is 5.19. The molecule has 4 heteroatoms. The fourth-order valence-electron chi connectivity index (χ4n) is 1.00. The van der Waals surface area contributed by atoms with Crippen LogP contribution in [0.5, 0.6) is 0 Å². The molecule has 1 rings (SSSR count). The van der Waals surface area contributed by atoms with Gasteiger partial charge in [-0.3, -0.25) is 4.79 Å². The summed E-state index contributed by atoms with van der Waals surface area (Å²) in [4.78, 5) is 11.1. The fraction of sp³-hybridized carbons (Fsp3) is 0.889. The summed E-state index contributed by atoms with van der Waals surface area (Å²) in [6.07, 6.45) is 2.61. The predicted octanol–water partition coefficient (Wildman–Crippen LogP) is -0.374. The molecule has 1 amide bonds. The van der Waals surface area contributed by atoms with E-state index in [9.17, 15) is 9.90 Å². The van der Waals surface area contributed by atoms with E-state index in [2.05, 4.69) is 10.6 Å². The highest BCUT2D eigenvalue weighted by Crippen LogP contribution is 2.18. The third-order valence-corrected chi connectivity index (χ3v) is 2.08. The second-order valence-electron chi connectivity index (χ2n) is 3.53. The predicted molar refractivity (Wildman–Crippen MR) is 50.3 cm³/mol. The van der Waals surface area contributed by atoms with Crippen LogP contribution in [0.2, 0.25) is 0 Å². The molecule has 0 aromatic carbocycles. The molecule has 0 bridgehead atoms. The Morgan fingerprint density at radius 2 is 2.31 bits per heavy atom. The van der Waals surface area contributed by atoms with Crippen molar-refractivity contribution in [2.75, 3.05) is 13.1 Å². The molecule has 0 saturated heterocycles. The summed E-state index contributed by atoms with van der Waals surface area (Å²) in [6, 6.07) is 0.422. The Hall–Kier alpha value is -0.610. The molecular formula is C9H18N2O2. The number of hydrogen-bond donors (Lipinski definition) is 3. The van der Waals surface area contributed by atoms with Crippen molar-refractivity contribution in [3.8, 4) is 0 Å². The number of carbonyl (C=O) groups excluding carboxylic acids is 1. The summed E-state index contributed by atoms with van der Waals surface area (Å²) in [6.45, 7) is 2.72. The Balaban J connectivity index is 1.94. The lowest BCUT2D eigenvalue weighted by Crippen LogP contribution is -2.37. The lowest BCUT2D eigenvalue weighted by atomic mass is 10.3. The minimum atomic E-state index is -0.339. The molecule has 1 atom stereocenters. The number of amides is 1. The summed E-state index contributed by atoms with van der Waals surface area (Å²) in [5.41, 5.74) is 0. The quantitative estimate of drug-likeness (QED) is 0.530. The average Bonchev–Trinajstić information content (AvgIpc) is 2.88. The van der Waals surface area contributed by atoms with Gasteiger partial charge in [-0.2, -0.15) is 0 Å². The van der Waals surface area contributed by atoms with Crippen LogP contribution >= 0.6 is 0 Å². The van der Waals surface area contributed by atoms with Crippen LogP contribution in [0.4, 0.5) is 0 Å². The number of nitrogens with one attached hydrogen (secondary N) is 2. The van der Waals surface area contributed by atoms with Gasteiger partial charge in [-0.1, -0.05) is 6.92 Å². The SMILES string of the molecule is CCC(O)CNCC(=O)NC1CC1. The first-order valence-electron chi connectivity index (χ1n) is 4.90. The van der Waals surface area contributed by atoms with E-state index in [0.29, 0.717) is 19.1 Å². The first kappa shape index (κ1) is 10.5. The number of aliphatic hydroxyl groups excluding tert-OH is 1. The van der Waals surface area contributed by atoms with E-state index in [0.717, 1.165) is 19.3 Å². The zero-order valence-electron chi connectivity index (χ0n) is 8.05. The maximum Gasteiger partial charge on any atom is 0.234 e. The maximum atomic E-state index is 11.1. The Morgan fingerprint density at radius 1 is 1.62 bits per heavy atom. The van der Waals surface area contributed by atoms with Gasteiger partial charge in [0.05, 0.1) is 12.6 Å². The molecule has 13 heavy (non-hydrogen) atoms. The number of rotatable bonds is 6. The van der Waals surface area contributed by atoms with Crippen LogP contribution in [0.15, 0.2) is 0 Å². The first-order chi connectivity index (χ1) is 6.22. The molecule has 0 aromatic rings. The molecular weight excluding hydrogens is 168 g/mol. The second-order valence-corrected chi connectivity index (χ2v) is 3.53. The highest BCUT2D eigenvalue weighted by Gasteiger charge is 2.22. The van der Waals surface area contributed by atoms with Gasteiger partial charge in [-0.15, -0.1) is 0 Å². The van der Waals surface area contributed by atoms with Crippen molar-refractivity contribution >= 4 is 5.91 Å². The summed E-state index contributed by atoms with van der Waals surface area (Å²) >= 11 is 0. The zero-order chi connectivity index (χ0) is 9.68. The summed E-state index contributed by atoms with van der Waals surface area (Å²) < 4.78 is 0. The largest absolute Gasteiger partial charge is 0.392 e. The van der Waals surface area contributed by atoms with Crippen LogP contribution in [0, 0.1) is 0 Å². The van der Waals surface area contributed by atoms with Crippen molar-refractivity contribution in [1.29, 1.82) is 0 Å². The molecule has 1 unspecified atom stereocenters. The molecule has 0 aromatic heterocycles. The molecule has 0 heterocycles. The molecule has 4 nitrogen and oxygen atoms in total. The Kier molecular flexibility index (Phi) is 4.18. The van der Waals surface area contributed by atoms with Gasteiger partial charge in [0.1, 0.15) is 0 Å². The Bertz CT molecular complexity index is 169. The van der Waals surface area contributed by atoms with E-state index in [4.69, 9.17) is 0 Å². The van der Waals surface area contributed by atoms with Gasteiger partial charge >= 0.3 is 0 Å². The summed E-state index contributed by atoms with van der Waals surface area (Å²) in [5, 5.41) is 14.9. The van der Waals surface area contributed by atoms with E-state index < -0.39 is 0 Å². The highest BCUT2D eigenvalue weighted by molar-refractivity contribution is 5.78. The van der Waals surface area contributed by atoms with Crippen LogP contribution in [-0.4, -0.2) is 36.2 Å². The molecule has 0 spiro atoms. The van der Waals surface area contributed by atoms with E-state index in [-0.39, 0.29) is 12.0 Å². The third-order valence-electron chi connectivity index (χ3n) is 2.08. The average molecular weight is 186 g/mol. The minimum Gasteiger partial charge on any atom is -0.392 e. The zero-order valence-corrected chi connectivity index (χ0v) is 8.05. The van der Waals surface area contributed by atoms with Gasteiger partial charge < -0.3 is 15.7 Å². The normalized spacial score (nSPS) is 18.3. The lowest BCUT2D eigenvalue weighted by Gasteiger charge is -2.08. The summed E-state index contributed by atoms with van der Waals surface area (Å²) in [7, 11) is 0. The van der Waals surface area contributed by atoms with Crippen LogP contribution in [-0.2, 0) is 4.79 Å². The van der Waals surface area contributed by atoms with Gasteiger partial charge in [-0.25, -0.2) is 0 Å². The molecule has 1 fully saturated rings. The molecule has 1 aliphatic rings. The van der Waals surface area contributed by atoms with E-state index in [1.807, 2.05) is 6.92 Å². The first-order valence-corrected chi connectivity index (χ1v) is 4.90. The number of carbonyl (C=O) groups is 1. The number of aliphatic hydroxyl groups is 1. The summed E-state index contributed by atoms with van der Waals surface area (Å²) in [5.74, 6) is 0.0332. The van der Waals surface area contributed by atoms with E-state index >= 15 is 0 Å². The monoisotopic (exact) mass is 186 g/mol. The van der Waals surface area contributed by atoms with Crippen molar-refractivity contribution in [2.24, 2.45) is 0 Å². The van der Waals surface area contributed by atoms with Crippen molar-refractivity contribution < 1.29 is 9.90 Å². The van der Waals surface area contributed by atoms with E-state index in [1.54, 1.807) is 0 Å². The molecule has 3 N–H and O–H groups in total. The van der Waals surface area contributed by atoms with Crippen LogP contribution in [0.25, 0.3) is 0 Å². The third kappa shape index (κ3) is 4.85. The van der Waals surface area contributed by atoms with Gasteiger partial charge in [0.2, 0.25) is 5.91 Å². The van der Waals surface area contributed by atoms with E-state index in [1.165, 1.54) is 0 Å². The van der Waals surface area contributed by atoms with Crippen molar-refractivity contribution in [3.63, 3.8) is 0 Å². The lowest BCUT2D eigenvalue weighted by molar-refractivity contribution is -0.120. The van der Waals surface area contributed by atoms with Gasteiger partial charge in [-0.05, 0) is 19.3 Å². The van der Waals surface area contributed by atoms with Crippen molar-refractivity contribution in [3.05, 3.63) is 0 Å². The smallest absolute Gasteiger partial charge is 0.234 e. The minimum absolute atomic E-state index is 0.0332. The van der Waals surface area contributed by atoms with Crippen LogP contribution < -0.4 is 10.6 Å². The Morgan fingerprint density at radius 3 is 2.85 bits per heavy atom.